The van der Waals surface area contributed by atoms with Crippen LogP contribution >= 0.6 is 0 Å². The molecule has 1 atom stereocenters. The molecule has 6 nitrogen and oxygen atoms in total. The van der Waals surface area contributed by atoms with Crippen LogP contribution in [-0.4, -0.2) is 39.1 Å². The molecule has 0 unspecified atom stereocenters. The molecular weight excluding hydrogens is 368 g/mol. The summed E-state index contributed by atoms with van der Waals surface area (Å²) < 4.78 is 36.0. The number of alkyl halides is 2. The minimum absolute atomic E-state index is 0.123. The molecule has 1 saturated carbocycles. The molecule has 2 heterocycles. The maximum absolute atomic E-state index is 15.5. The largest absolute Gasteiger partial charge is 0.383 e. The molecule has 3 rings (SSSR count). The van der Waals surface area contributed by atoms with Gasteiger partial charge < -0.3 is 20.3 Å². The van der Waals surface area contributed by atoms with E-state index in [0.717, 1.165) is 4.90 Å². The number of carbonyl (C=O) groups is 1. The molecule has 3 N–H and O–H groups in total. The molecule has 2 aliphatic rings. The van der Waals surface area contributed by atoms with E-state index in [9.17, 15) is 9.90 Å². The summed E-state index contributed by atoms with van der Waals surface area (Å²) in [5.41, 5.74) is 2.59. The Morgan fingerprint density at radius 3 is 2.46 bits per heavy atom. The molecule has 1 amide bonds. The van der Waals surface area contributed by atoms with Crippen LogP contribution in [0.25, 0.3) is 0 Å². The zero-order chi connectivity index (χ0) is 21.0. The molecule has 0 aromatic carbocycles. The molecule has 28 heavy (non-hydrogen) atoms. The number of nitrogens with two attached hydrogens (primary N) is 1. The Kier molecular flexibility index (Phi) is 5.11. The van der Waals surface area contributed by atoms with Gasteiger partial charge in [-0.2, -0.15) is 8.78 Å². The summed E-state index contributed by atoms with van der Waals surface area (Å²) in [4.78, 5) is 14.1. The highest BCUT2D eigenvalue weighted by Crippen LogP contribution is 2.55. The second-order valence-electron chi connectivity index (χ2n) is 10.0. The highest BCUT2D eigenvalue weighted by molar-refractivity contribution is 5.85. The predicted octanol–water partition coefficient (Wildman–Crippen LogP) is 3.40. The Bertz CT molecular complexity index is 729. The van der Waals surface area contributed by atoms with Crippen LogP contribution in [0.5, 0.6) is 0 Å². The molecule has 0 bridgehead atoms. The Morgan fingerprint density at radius 1 is 1.32 bits per heavy atom. The standard InChI is InChI=1S/C20H31F2N3O3/c1-17(2)10-18(3,4)12-19(27,11-17)20(21,22)16(26)25-7-5-6-15(25)14-8-13(9-23)28-24-14/h8,15,27H,5-7,9-12,23H2,1-4H3/t15-/m0/s1. The quantitative estimate of drug-likeness (QED) is 0.810. The SMILES string of the molecule is CC1(C)CC(C)(C)CC(O)(C(F)(F)C(=O)N2CCC[C@H]2c2cc(CN)on2)C1. The fourth-order valence-electron chi connectivity index (χ4n) is 5.57. The number of carbonyl (C=O) groups excluding carboxylic acids is 1. The van der Waals surface area contributed by atoms with Crippen molar-refractivity contribution in [3.8, 4) is 0 Å². The third-order valence-corrected chi connectivity index (χ3v) is 5.99. The Morgan fingerprint density at radius 2 is 1.93 bits per heavy atom. The van der Waals surface area contributed by atoms with Crippen LogP contribution in [0.2, 0.25) is 0 Å². The summed E-state index contributed by atoms with van der Waals surface area (Å²) >= 11 is 0. The van der Waals surface area contributed by atoms with Gasteiger partial charge >= 0.3 is 5.92 Å². The monoisotopic (exact) mass is 399 g/mol. The number of hydrogen-bond acceptors (Lipinski definition) is 5. The normalized spacial score (nSPS) is 26.4. The number of halogens is 2. The van der Waals surface area contributed by atoms with E-state index in [0.29, 0.717) is 30.7 Å². The van der Waals surface area contributed by atoms with E-state index in [1.807, 2.05) is 27.7 Å². The maximum Gasteiger partial charge on any atom is 0.352 e. The number of amides is 1. The summed E-state index contributed by atoms with van der Waals surface area (Å²) in [6, 6.07) is 1.02. The predicted molar refractivity (Wildman–Crippen MR) is 99.4 cm³/mol. The second-order valence-corrected chi connectivity index (χ2v) is 10.0. The third-order valence-electron chi connectivity index (χ3n) is 5.99. The number of hydrogen-bond donors (Lipinski definition) is 2. The number of nitrogens with zero attached hydrogens (tertiary/aromatic N) is 2. The second kappa shape index (κ2) is 6.76. The fourth-order valence-corrected chi connectivity index (χ4v) is 5.57. The fraction of sp³-hybridized carbons (Fsp3) is 0.800. The van der Waals surface area contributed by atoms with Crippen LogP contribution < -0.4 is 5.73 Å². The molecule has 8 heteroatoms. The van der Waals surface area contributed by atoms with Crippen molar-refractivity contribution in [1.29, 1.82) is 0 Å². The van der Waals surface area contributed by atoms with Crippen molar-refractivity contribution in [3.63, 3.8) is 0 Å². The van der Waals surface area contributed by atoms with Gasteiger partial charge in [-0.05, 0) is 42.9 Å². The van der Waals surface area contributed by atoms with Gasteiger partial charge in [0.2, 0.25) is 0 Å². The molecule has 2 fully saturated rings. The van der Waals surface area contributed by atoms with Gasteiger partial charge in [0.05, 0.1) is 12.6 Å². The zero-order valence-electron chi connectivity index (χ0n) is 17.1. The summed E-state index contributed by atoms with van der Waals surface area (Å²) in [5, 5.41) is 15.0. The first-order valence-electron chi connectivity index (χ1n) is 9.87. The van der Waals surface area contributed by atoms with E-state index in [1.165, 1.54) is 0 Å². The Balaban J connectivity index is 1.89. The smallest absolute Gasteiger partial charge is 0.352 e. The number of rotatable bonds is 4. The average Bonchev–Trinajstić information content (AvgIpc) is 3.19. The summed E-state index contributed by atoms with van der Waals surface area (Å²) in [5.74, 6) is -4.77. The van der Waals surface area contributed by atoms with E-state index in [2.05, 4.69) is 5.16 Å². The first-order valence-corrected chi connectivity index (χ1v) is 9.87. The van der Waals surface area contributed by atoms with Crippen LogP contribution in [-0.2, 0) is 11.3 Å². The molecule has 0 radical (unpaired) electrons. The lowest BCUT2D eigenvalue weighted by atomic mass is 9.58. The molecular formula is C20H31F2N3O3. The van der Waals surface area contributed by atoms with Crippen molar-refractivity contribution in [2.75, 3.05) is 6.54 Å². The lowest BCUT2D eigenvalue weighted by Crippen LogP contribution is -2.62. The van der Waals surface area contributed by atoms with Gasteiger partial charge in [-0.25, -0.2) is 0 Å². The summed E-state index contributed by atoms with van der Waals surface area (Å²) in [6.45, 7) is 7.80. The maximum atomic E-state index is 15.5. The first kappa shape index (κ1) is 21.2. The van der Waals surface area contributed by atoms with Crippen molar-refractivity contribution in [2.24, 2.45) is 16.6 Å². The summed E-state index contributed by atoms with van der Waals surface area (Å²) in [7, 11) is 0. The minimum Gasteiger partial charge on any atom is -0.383 e. The van der Waals surface area contributed by atoms with E-state index < -0.39 is 34.3 Å². The van der Waals surface area contributed by atoms with Gasteiger partial charge in [-0.3, -0.25) is 4.79 Å². The molecule has 1 aliphatic carbocycles. The number of aliphatic hydroxyl groups is 1. The van der Waals surface area contributed by atoms with E-state index in [1.54, 1.807) is 6.07 Å². The van der Waals surface area contributed by atoms with Crippen LogP contribution in [0.15, 0.2) is 10.6 Å². The molecule has 1 aliphatic heterocycles. The average molecular weight is 399 g/mol. The molecule has 1 saturated heterocycles. The number of aromatic nitrogens is 1. The zero-order valence-corrected chi connectivity index (χ0v) is 17.1. The van der Waals surface area contributed by atoms with E-state index in [4.69, 9.17) is 10.3 Å². The Hall–Kier alpha value is -1.54. The Labute approximate surface area is 164 Å². The van der Waals surface area contributed by atoms with E-state index in [-0.39, 0.29) is 25.9 Å². The molecule has 1 aromatic heterocycles. The molecule has 158 valence electrons. The van der Waals surface area contributed by atoms with Crippen LogP contribution in [0.1, 0.15) is 77.3 Å². The van der Waals surface area contributed by atoms with Crippen molar-refractivity contribution in [3.05, 3.63) is 17.5 Å². The van der Waals surface area contributed by atoms with Crippen LogP contribution in [0.4, 0.5) is 8.78 Å². The van der Waals surface area contributed by atoms with Crippen molar-refractivity contribution in [2.45, 2.75) is 83.9 Å². The van der Waals surface area contributed by atoms with Gasteiger partial charge in [0.1, 0.15) is 11.3 Å². The van der Waals surface area contributed by atoms with Crippen LogP contribution in [0, 0.1) is 10.8 Å². The lowest BCUT2D eigenvalue weighted by molar-refractivity contribution is -0.231. The summed E-state index contributed by atoms with van der Waals surface area (Å²) in [6.07, 6.45) is 1.57. The molecule has 0 spiro atoms. The first-order chi connectivity index (χ1) is 12.8. The van der Waals surface area contributed by atoms with Crippen molar-refractivity contribution >= 4 is 5.91 Å². The third kappa shape index (κ3) is 3.68. The van der Waals surface area contributed by atoms with Gasteiger partial charge in [0.15, 0.2) is 5.76 Å². The minimum atomic E-state index is -3.88. The van der Waals surface area contributed by atoms with Gasteiger partial charge in [-0.1, -0.05) is 32.9 Å². The van der Waals surface area contributed by atoms with Gasteiger partial charge in [-0.15, -0.1) is 0 Å². The molecule has 1 aromatic rings. The van der Waals surface area contributed by atoms with Crippen LogP contribution in [0.3, 0.4) is 0 Å². The topological polar surface area (TPSA) is 92.6 Å². The van der Waals surface area contributed by atoms with E-state index >= 15 is 8.78 Å². The van der Waals surface area contributed by atoms with Gasteiger partial charge in [0, 0.05) is 12.6 Å². The van der Waals surface area contributed by atoms with Crippen molar-refractivity contribution < 1.29 is 23.2 Å². The van der Waals surface area contributed by atoms with Gasteiger partial charge in [0.25, 0.3) is 5.91 Å². The lowest BCUT2D eigenvalue weighted by Gasteiger charge is -2.51. The van der Waals surface area contributed by atoms with Crippen molar-refractivity contribution in [1.82, 2.24) is 10.1 Å². The number of likely N-dealkylation sites (tertiary alicyclic amines) is 1. The highest BCUT2D eigenvalue weighted by atomic mass is 19.3. The highest BCUT2D eigenvalue weighted by Gasteiger charge is 2.65.